The molecule has 1 fully saturated rings. The van der Waals surface area contributed by atoms with Gasteiger partial charge in [0.05, 0.1) is 24.5 Å². The Bertz CT molecular complexity index is 1590. The van der Waals surface area contributed by atoms with Gasteiger partial charge in [-0.25, -0.2) is 9.97 Å². The van der Waals surface area contributed by atoms with Gasteiger partial charge in [-0.2, -0.15) is 10.5 Å². The number of aromatic nitrogens is 2. The third kappa shape index (κ3) is 5.56. The Morgan fingerprint density at radius 2 is 1.74 bits per heavy atom. The molecule has 0 amide bonds. The highest BCUT2D eigenvalue weighted by Crippen LogP contribution is 2.38. The predicted octanol–water partition coefficient (Wildman–Crippen LogP) is 5.12. The number of halogens is 1. The lowest BCUT2D eigenvalue weighted by atomic mass is 9.97. The highest BCUT2D eigenvalue weighted by molar-refractivity contribution is 7.98. The summed E-state index contributed by atoms with van der Waals surface area (Å²) in [6, 6.07) is 18.4. The molecular weight excluding hydrogens is 538 g/mol. The van der Waals surface area contributed by atoms with Gasteiger partial charge in [0.25, 0.3) is 0 Å². The molecule has 1 aliphatic rings. The van der Waals surface area contributed by atoms with Gasteiger partial charge in [0.15, 0.2) is 0 Å². The number of aryl methyl sites for hydroxylation is 1. The maximum absolute atomic E-state index is 10.1. The van der Waals surface area contributed by atoms with E-state index in [0.717, 1.165) is 5.56 Å². The Morgan fingerprint density at radius 1 is 1.05 bits per heavy atom. The number of nitriles is 2. The second kappa shape index (κ2) is 11.4. The molecule has 0 bridgehead atoms. The molecule has 0 spiro atoms. The van der Waals surface area contributed by atoms with E-state index in [2.05, 4.69) is 22.1 Å². The maximum Gasteiger partial charge on any atom is 0.226 e. The van der Waals surface area contributed by atoms with Crippen molar-refractivity contribution in [3.05, 3.63) is 76.1 Å². The van der Waals surface area contributed by atoms with Crippen molar-refractivity contribution in [1.29, 1.82) is 10.5 Å². The molecule has 0 radical (unpaired) electrons. The number of rotatable bonds is 7. The molecule has 2 atom stereocenters. The van der Waals surface area contributed by atoms with E-state index in [9.17, 15) is 15.6 Å². The van der Waals surface area contributed by atoms with Crippen LogP contribution in [0.5, 0.6) is 5.75 Å². The molecular formula is C28H22ClN5O4S. The van der Waals surface area contributed by atoms with Gasteiger partial charge in [-0.1, -0.05) is 35.5 Å². The number of hydrogen-bond donors (Lipinski definition) is 2. The Labute approximate surface area is 233 Å². The van der Waals surface area contributed by atoms with Gasteiger partial charge in [-0.15, -0.1) is 0 Å². The third-order valence-electron chi connectivity index (χ3n) is 6.18. The van der Waals surface area contributed by atoms with Crippen LogP contribution in [-0.2, 0) is 10.5 Å². The number of anilines is 1. The summed E-state index contributed by atoms with van der Waals surface area (Å²) in [6.07, 6.45) is -1.16. The Morgan fingerprint density at radius 3 is 2.38 bits per heavy atom. The summed E-state index contributed by atoms with van der Waals surface area (Å²) < 4.78 is 16.9. The van der Waals surface area contributed by atoms with Crippen molar-refractivity contribution in [2.24, 2.45) is 0 Å². The zero-order valence-corrected chi connectivity index (χ0v) is 22.3. The van der Waals surface area contributed by atoms with Crippen LogP contribution in [0.4, 0.5) is 5.82 Å². The number of nitrogens with two attached hydrogens (primary N) is 1. The molecule has 2 aromatic heterocycles. The fourth-order valence-electron chi connectivity index (χ4n) is 4.12. The van der Waals surface area contributed by atoms with E-state index in [4.69, 9.17) is 31.2 Å². The van der Waals surface area contributed by atoms with Crippen LogP contribution >= 0.6 is 23.4 Å². The quantitative estimate of drug-likeness (QED) is 0.292. The first-order valence-electron chi connectivity index (χ1n) is 11.9. The number of nitrogens with zero attached hydrogens (tertiary/aromatic N) is 4. The first kappa shape index (κ1) is 26.5. The average molecular weight is 560 g/mol. The van der Waals surface area contributed by atoms with E-state index < -0.39 is 12.2 Å². The van der Waals surface area contributed by atoms with Gasteiger partial charge in [0.1, 0.15) is 52.3 Å². The van der Waals surface area contributed by atoms with E-state index in [1.807, 2.05) is 19.1 Å². The van der Waals surface area contributed by atoms with Crippen molar-refractivity contribution < 1.29 is 19.0 Å². The van der Waals surface area contributed by atoms with Crippen molar-refractivity contribution in [2.75, 3.05) is 18.9 Å². The molecule has 0 aliphatic carbocycles. The minimum Gasteiger partial charge on any atom is -0.485 e. The van der Waals surface area contributed by atoms with Crippen molar-refractivity contribution >= 4 is 29.2 Å². The maximum atomic E-state index is 10.1. The Hall–Kier alpha value is -4.06. The van der Waals surface area contributed by atoms with E-state index in [1.165, 1.54) is 11.8 Å². The van der Waals surface area contributed by atoms with Gasteiger partial charge in [0.2, 0.25) is 5.89 Å². The molecule has 196 valence electrons. The topological polar surface area (TPSA) is 151 Å². The molecule has 2 aromatic carbocycles. The van der Waals surface area contributed by atoms with Gasteiger partial charge in [-0.05, 0) is 48.9 Å². The number of benzene rings is 2. The lowest BCUT2D eigenvalue weighted by molar-refractivity contribution is 0.0733. The lowest BCUT2D eigenvalue weighted by Crippen LogP contribution is -2.29. The fourth-order valence-corrected chi connectivity index (χ4v) is 5.24. The highest BCUT2D eigenvalue weighted by Gasteiger charge is 2.28. The summed E-state index contributed by atoms with van der Waals surface area (Å²) >= 11 is 7.27. The van der Waals surface area contributed by atoms with E-state index in [0.29, 0.717) is 56.6 Å². The molecule has 1 aliphatic heterocycles. The van der Waals surface area contributed by atoms with Crippen LogP contribution in [0.15, 0.2) is 58.0 Å². The number of pyridine rings is 1. The van der Waals surface area contributed by atoms with Gasteiger partial charge in [0, 0.05) is 21.9 Å². The van der Waals surface area contributed by atoms with E-state index >= 15 is 0 Å². The molecule has 3 N–H and O–H groups in total. The van der Waals surface area contributed by atoms with Crippen LogP contribution in [0.25, 0.3) is 22.6 Å². The molecule has 1 saturated heterocycles. The normalized spacial score (nSPS) is 16.5. The predicted molar refractivity (Wildman–Crippen MR) is 146 cm³/mol. The number of ether oxygens (including phenoxy) is 2. The van der Waals surface area contributed by atoms with Crippen molar-refractivity contribution in [3.8, 4) is 40.5 Å². The SMILES string of the molecule is Cc1oc(-c2ccc(Cl)cc2)nc1CSc1nc(N)c(C#N)c(-c2ccc(O[C@@H]3COC[C@H]3O)cc2)c1C#N. The minimum absolute atomic E-state index is 0.0271. The Kier molecular flexibility index (Phi) is 7.73. The highest BCUT2D eigenvalue weighted by atomic mass is 35.5. The zero-order chi connectivity index (χ0) is 27.5. The summed E-state index contributed by atoms with van der Waals surface area (Å²) in [5.41, 5.74) is 9.01. The van der Waals surface area contributed by atoms with Crippen LogP contribution < -0.4 is 10.5 Å². The first-order valence-corrected chi connectivity index (χ1v) is 13.3. The Balaban J connectivity index is 1.43. The molecule has 9 nitrogen and oxygen atoms in total. The molecule has 3 heterocycles. The number of aliphatic hydroxyl groups excluding tert-OH is 1. The minimum atomic E-state index is -0.699. The monoisotopic (exact) mass is 559 g/mol. The van der Waals surface area contributed by atoms with Crippen LogP contribution in [0.1, 0.15) is 22.6 Å². The second-order valence-corrected chi connectivity index (χ2v) is 10.2. The molecule has 0 unspecified atom stereocenters. The zero-order valence-electron chi connectivity index (χ0n) is 20.7. The number of aliphatic hydroxyl groups is 1. The molecule has 0 saturated carbocycles. The number of hydrogen-bond acceptors (Lipinski definition) is 10. The summed E-state index contributed by atoms with van der Waals surface area (Å²) in [5, 5.41) is 30.9. The van der Waals surface area contributed by atoms with Crippen LogP contribution in [-0.4, -0.2) is 40.5 Å². The fraction of sp³-hybridized carbons (Fsp3) is 0.214. The second-order valence-electron chi connectivity index (χ2n) is 8.75. The van der Waals surface area contributed by atoms with Crippen molar-refractivity contribution in [2.45, 2.75) is 29.9 Å². The van der Waals surface area contributed by atoms with Crippen molar-refractivity contribution in [3.63, 3.8) is 0 Å². The number of thioether (sulfide) groups is 1. The lowest BCUT2D eigenvalue weighted by Gasteiger charge is -2.16. The molecule has 11 heteroatoms. The van der Waals surface area contributed by atoms with Crippen LogP contribution in [0, 0.1) is 29.6 Å². The molecule has 5 rings (SSSR count). The van der Waals surface area contributed by atoms with Crippen molar-refractivity contribution in [1.82, 2.24) is 9.97 Å². The number of nitrogen functional groups attached to an aromatic ring is 1. The summed E-state index contributed by atoms with van der Waals surface area (Å²) in [4.78, 5) is 8.98. The summed E-state index contributed by atoms with van der Waals surface area (Å²) in [6.45, 7) is 2.35. The summed E-state index contributed by atoms with van der Waals surface area (Å²) in [7, 11) is 0. The van der Waals surface area contributed by atoms with E-state index in [1.54, 1.807) is 36.4 Å². The molecule has 39 heavy (non-hydrogen) atoms. The van der Waals surface area contributed by atoms with Crippen LogP contribution in [0.2, 0.25) is 5.02 Å². The largest absolute Gasteiger partial charge is 0.485 e. The average Bonchev–Trinajstić information content (AvgIpc) is 3.52. The standard InChI is InChI=1S/C28H22ClN5O4S/c1-15-22(33-27(37-15)17-2-6-18(29)7-3-17)14-39-28-21(11-31)25(20(10-30)26(32)34-28)16-4-8-19(9-5-16)38-24-13-36-12-23(24)35/h2-9,23-24,35H,12-14H2,1H3,(H2,32,34)/t23-,24-/m1/s1. The molecule has 4 aromatic rings. The third-order valence-corrected chi connectivity index (χ3v) is 7.41. The van der Waals surface area contributed by atoms with Crippen LogP contribution in [0.3, 0.4) is 0 Å². The number of oxazole rings is 1. The smallest absolute Gasteiger partial charge is 0.226 e. The van der Waals surface area contributed by atoms with E-state index in [-0.39, 0.29) is 23.6 Å². The summed E-state index contributed by atoms with van der Waals surface area (Å²) in [5.74, 6) is 2.03. The van der Waals surface area contributed by atoms with Gasteiger partial charge < -0.3 is 24.7 Å². The van der Waals surface area contributed by atoms with Gasteiger partial charge in [-0.3, -0.25) is 0 Å². The first-order chi connectivity index (χ1) is 18.9. The van der Waals surface area contributed by atoms with Gasteiger partial charge >= 0.3 is 0 Å².